The SMILES string of the molecule is CCC(=O)CC(=O)OC.CCc1[nH]c(=O)c(C#N)cc1C(=O)OC. The van der Waals surface area contributed by atoms with Crippen molar-refractivity contribution in [3.63, 3.8) is 0 Å². The first-order valence-electron chi connectivity index (χ1n) is 7.17. The molecule has 0 saturated carbocycles. The molecule has 0 saturated heterocycles. The number of H-pyrrole nitrogens is 1. The van der Waals surface area contributed by atoms with Gasteiger partial charge >= 0.3 is 11.9 Å². The Hall–Kier alpha value is -2.95. The van der Waals surface area contributed by atoms with E-state index in [1.807, 2.05) is 0 Å². The summed E-state index contributed by atoms with van der Waals surface area (Å²) in [5, 5.41) is 8.64. The molecule has 0 aliphatic rings. The normalized spacial score (nSPS) is 9.12. The molecule has 1 aromatic heterocycles. The van der Waals surface area contributed by atoms with Crippen LogP contribution < -0.4 is 5.56 Å². The van der Waals surface area contributed by atoms with Crippen molar-refractivity contribution >= 4 is 17.7 Å². The van der Waals surface area contributed by atoms with Crippen LogP contribution in [0.2, 0.25) is 0 Å². The third-order valence-electron chi connectivity index (χ3n) is 2.97. The van der Waals surface area contributed by atoms with E-state index in [4.69, 9.17) is 5.26 Å². The van der Waals surface area contributed by atoms with Crippen molar-refractivity contribution in [1.82, 2.24) is 4.98 Å². The molecule has 0 fully saturated rings. The standard InChI is InChI=1S/C10H10N2O3.C6H10O3/c1-3-8-7(10(14)15-2)4-6(5-11)9(13)12-8;1-3-5(7)4-6(8)9-2/h4H,3H2,1-2H3,(H,12,13);3-4H2,1-2H3. The number of hydrogen-bond donors (Lipinski definition) is 1. The van der Waals surface area contributed by atoms with Gasteiger partial charge in [0.1, 0.15) is 23.8 Å². The Morgan fingerprint density at radius 2 is 1.83 bits per heavy atom. The maximum atomic E-state index is 11.3. The highest BCUT2D eigenvalue weighted by atomic mass is 16.5. The molecular formula is C16H20N2O6. The Labute approximate surface area is 139 Å². The number of Topliss-reactive ketones (excluding diaryl/α,β-unsaturated/α-hetero) is 1. The molecule has 8 heteroatoms. The van der Waals surface area contributed by atoms with Gasteiger partial charge in [-0.1, -0.05) is 13.8 Å². The molecule has 0 aliphatic carbocycles. The molecule has 8 nitrogen and oxygen atoms in total. The third kappa shape index (κ3) is 6.44. The second kappa shape index (κ2) is 10.7. The van der Waals surface area contributed by atoms with Crippen LogP contribution in [-0.2, 0) is 25.5 Å². The lowest BCUT2D eigenvalue weighted by atomic mass is 10.1. The van der Waals surface area contributed by atoms with Gasteiger partial charge in [-0.15, -0.1) is 0 Å². The van der Waals surface area contributed by atoms with Crippen LogP contribution in [0.15, 0.2) is 10.9 Å². The van der Waals surface area contributed by atoms with E-state index in [0.29, 0.717) is 18.5 Å². The van der Waals surface area contributed by atoms with Crippen molar-refractivity contribution in [2.45, 2.75) is 33.1 Å². The largest absolute Gasteiger partial charge is 0.469 e. The zero-order valence-electron chi connectivity index (χ0n) is 14.1. The van der Waals surface area contributed by atoms with E-state index in [9.17, 15) is 19.2 Å². The van der Waals surface area contributed by atoms with Crippen LogP contribution in [0.1, 0.15) is 48.3 Å². The summed E-state index contributed by atoms with van der Waals surface area (Å²) in [5.41, 5.74) is 0.136. The Kier molecular flexibility index (Phi) is 9.40. The average Bonchev–Trinajstić information content (AvgIpc) is 2.60. The molecule has 1 rings (SSSR count). The number of nitriles is 1. The number of aryl methyl sites for hydroxylation is 1. The van der Waals surface area contributed by atoms with Crippen LogP contribution in [0.25, 0.3) is 0 Å². The summed E-state index contributed by atoms with van der Waals surface area (Å²) in [7, 11) is 2.52. The van der Waals surface area contributed by atoms with Crippen LogP contribution in [0.4, 0.5) is 0 Å². The first-order valence-corrected chi connectivity index (χ1v) is 7.17. The number of aromatic nitrogens is 1. The number of pyridine rings is 1. The van der Waals surface area contributed by atoms with Crippen molar-refractivity contribution in [3.8, 4) is 6.07 Å². The highest BCUT2D eigenvalue weighted by Gasteiger charge is 2.14. The number of nitrogens with one attached hydrogen (secondary N) is 1. The van der Waals surface area contributed by atoms with Crippen molar-refractivity contribution in [2.75, 3.05) is 14.2 Å². The summed E-state index contributed by atoms with van der Waals surface area (Å²) in [6.45, 7) is 3.51. The van der Waals surface area contributed by atoms with Crippen molar-refractivity contribution < 1.29 is 23.9 Å². The first-order chi connectivity index (χ1) is 11.3. The number of rotatable bonds is 5. The average molecular weight is 336 g/mol. The Bertz CT molecular complexity index is 685. The quantitative estimate of drug-likeness (QED) is 0.630. The zero-order chi connectivity index (χ0) is 18.7. The van der Waals surface area contributed by atoms with Crippen molar-refractivity contribution in [3.05, 3.63) is 33.2 Å². The lowest BCUT2D eigenvalue weighted by Crippen LogP contribution is -2.17. The second-order valence-electron chi connectivity index (χ2n) is 4.51. The number of ketones is 1. The van der Waals surface area contributed by atoms with Crippen LogP contribution in [0.5, 0.6) is 0 Å². The predicted molar refractivity (Wildman–Crippen MR) is 84.4 cm³/mol. The number of hydrogen-bond acceptors (Lipinski definition) is 7. The fourth-order valence-corrected chi connectivity index (χ4v) is 1.58. The fourth-order valence-electron chi connectivity index (χ4n) is 1.58. The predicted octanol–water partition coefficient (Wildman–Crippen LogP) is 1.12. The number of aromatic amines is 1. The van der Waals surface area contributed by atoms with Crippen LogP contribution in [0.3, 0.4) is 0 Å². The van der Waals surface area contributed by atoms with E-state index in [-0.39, 0.29) is 23.3 Å². The van der Waals surface area contributed by atoms with Gasteiger partial charge in [0.05, 0.1) is 19.8 Å². The van der Waals surface area contributed by atoms with E-state index >= 15 is 0 Å². The van der Waals surface area contributed by atoms with E-state index in [1.165, 1.54) is 20.3 Å². The summed E-state index contributed by atoms with van der Waals surface area (Å²) in [4.78, 5) is 45.9. The third-order valence-corrected chi connectivity index (χ3v) is 2.97. The molecule has 0 aliphatic heterocycles. The van der Waals surface area contributed by atoms with Gasteiger partial charge in [0, 0.05) is 12.1 Å². The highest BCUT2D eigenvalue weighted by molar-refractivity contribution is 5.95. The fraction of sp³-hybridized carbons (Fsp3) is 0.438. The number of carbonyl (C=O) groups excluding carboxylic acids is 3. The molecule has 0 bridgehead atoms. The first kappa shape index (κ1) is 21.0. The maximum Gasteiger partial charge on any atom is 0.339 e. The Morgan fingerprint density at radius 3 is 2.25 bits per heavy atom. The summed E-state index contributed by atoms with van der Waals surface area (Å²) < 4.78 is 8.81. The molecule has 0 unspecified atom stereocenters. The number of methoxy groups -OCH3 is 2. The Balaban J connectivity index is 0.000000506. The smallest absolute Gasteiger partial charge is 0.339 e. The van der Waals surface area contributed by atoms with Crippen molar-refractivity contribution in [2.24, 2.45) is 0 Å². The molecular weight excluding hydrogens is 316 g/mol. The molecule has 1 aromatic rings. The van der Waals surface area contributed by atoms with E-state index in [1.54, 1.807) is 19.9 Å². The monoisotopic (exact) mass is 336 g/mol. The Morgan fingerprint density at radius 1 is 1.21 bits per heavy atom. The summed E-state index contributed by atoms with van der Waals surface area (Å²) >= 11 is 0. The molecule has 0 aromatic carbocycles. The van der Waals surface area contributed by atoms with E-state index < -0.39 is 17.5 Å². The second-order valence-corrected chi connectivity index (χ2v) is 4.51. The zero-order valence-corrected chi connectivity index (χ0v) is 14.1. The van der Waals surface area contributed by atoms with Crippen LogP contribution in [-0.4, -0.2) is 36.9 Å². The molecule has 130 valence electrons. The minimum atomic E-state index is -0.556. The summed E-state index contributed by atoms with van der Waals surface area (Å²) in [6, 6.07) is 2.97. The molecule has 1 heterocycles. The van der Waals surface area contributed by atoms with Gasteiger partial charge in [0.2, 0.25) is 0 Å². The lowest BCUT2D eigenvalue weighted by molar-refractivity contribution is -0.143. The molecule has 0 amide bonds. The van der Waals surface area contributed by atoms with Crippen LogP contribution in [0, 0.1) is 11.3 Å². The van der Waals surface area contributed by atoms with Gasteiger partial charge in [-0.05, 0) is 12.5 Å². The van der Waals surface area contributed by atoms with Gasteiger partial charge < -0.3 is 14.5 Å². The molecule has 1 N–H and O–H groups in total. The summed E-state index contributed by atoms with van der Waals surface area (Å²) in [6.07, 6.45) is 0.799. The highest BCUT2D eigenvalue weighted by Crippen LogP contribution is 2.07. The molecule has 0 spiro atoms. The number of esters is 2. The van der Waals surface area contributed by atoms with Gasteiger partial charge in [-0.25, -0.2) is 4.79 Å². The van der Waals surface area contributed by atoms with Crippen LogP contribution >= 0.6 is 0 Å². The summed E-state index contributed by atoms with van der Waals surface area (Å²) in [5.74, 6) is -1.09. The maximum absolute atomic E-state index is 11.3. The molecule has 24 heavy (non-hydrogen) atoms. The molecule has 0 radical (unpaired) electrons. The van der Waals surface area contributed by atoms with Gasteiger partial charge in [-0.3, -0.25) is 14.4 Å². The minimum absolute atomic E-state index is 0.0816. The number of nitrogens with zero attached hydrogens (tertiary/aromatic N) is 1. The van der Waals surface area contributed by atoms with Gasteiger partial charge in [0.25, 0.3) is 5.56 Å². The number of carbonyl (C=O) groups is 3. The van der Waals surface area contributed by atoms with Crippen molar-refractivity contribution in [1.29, 1.82) is 5.26 Å². The minimum Gasteiger partial charge on any atom is -0.469 e. The lowest BCUT2D eigenvalue weighted by Gasteiger charge is -2.05. The van der Waals surface area contributed by atoms with E-state index in [2.05, 4.69) is 14.5 Å². The van der Waals surface area contributed by atoms with Gasteiger partial charge in [0.15, 0.2) is 0 Å². The van der Waals surface area contributed by atoms with Gasteiger partial charge in [-0.2, -0.15) is 5.26 Å². The number of ether oxygens (including phenoxy) is 2. The topological polar surface area (TPSA) is 126 Å². The molecule has 0 atom stereocenters. The van der Waals surface area contributed by atoms with E-state index in [0.717, 1.165) is 0 Å².